The van der Waals surface area contributed by atoms with Gasteiger partial charge in [-0.2, -0.15) is 10.4 Å². The fourth-order valence-corrected chi connectivity index (χ4v) is 4.09. The summed E-state index contributed by atoms with van der Waals surface area (Å²) in [6.07, 6.45) is 3.67. The van der Waals surface area contributed by atoms with Crippen molar-refractivity contribution >= 4 is 17.2 Å². The SMILES string of the molecule is CC1(C)CNC[C@@H](COc2ccc(C#N)cc2-c2ccn3nc(NC(=O)C4CC4)cc3c2)O1. The molecule has 1 aliphatic carbocycles. The molecule has 33 heavy (non-hydrogen) atoms. The minimum atomic E-state index is -0.237. The van der Waals surface area contributed by atoms with Gasteiger partial charge in [0.1, 0.15) is 18.5 Å². The summed E-state index contributed by atoms with van der Waals surface area (Å²) in [6.45, 7) is 6.05. The topological polar surface area (TPSA) is 101 Å². The minimum Gasteiger partial charge on any atom is -0.490 e. The van der Waals surface area contributed by atoms with Crippen LogP contribution in [-0.4, -0.2) is 46.9 Å². The van der Waals surface area contributed by atoms with Crippen molar-refractivity contribution in [1.29, 1.82) is 5.26 Å². The molecule has 1 aromatic carbocycles. The number of amides is 1. The Morgan fingerprint density at radius 3 is 2.94 bits per heavy atom. The number of nitrogens with zero attached hydrogens (tertiary/aromatic N) is 3. The fraction of sp³-hybridized carbons (Fsp3) is 0.400. The molecule has 3 aromatic rings. The molecule has 8 nitrogen and oxygen atoms in total. The van der Waals surface area contributed by atoms with Crippen LogP contribution in [0, 0.1) is 17.2 Å². The van der Waals surface area contributed by atoms with Gasteiger partial charge in [0.15, 0.2) is 5.82 Å². The number of fused-ring (bicyclic) bond motifs is 1. The number of nitrogens with one attached hydrogen (secondary N) is 2. The lowest BCUT2D eigenvalue weighted by Crippen LogP contribution is -2.52. The second-order valence-electron chi connectivity index (χ2n) is 9.34. The molecule has 1 amide bonds. The molecule has 1 atom stereocenters. The van der Waals surface area contributed by atoms with Crippen LogP contribution in [0.15, 0.2) is 42.6 Å². The average molecular weight is 446 g/mol. The first-order valence-electron chi connectivity index (χ1n) is 11.3. The first kappa shape index (κ1) is 21.4. The number of carbonyl (C=O) groups excluding carboxylic acids is 1. The predicted molar refractivity (Wildman–Crippen MR) is 124 cm³/mol. The summed E-state index contributed by atoms with van der Waals surface area (Å²) < 4.78 is 14.0. The van der Waals surface area contributed by atoms with Gasteiger partial charge in [0, 0.05) is 36.8 Å². The highest BCUT2D eigenvalue weighted by atomic mass is 16.5. The van der Waals surface area contributed by atoms with Crippen molar-refractivity contribution in [2.24, 2.45) is 5.92 Å². The van der Waals surface area contributed by atoms with Crippen LogP contribution in [0.25, 0.3) is 16.6 Å². The second kappa shape index (κ2) is 8.50. The first-order chi connectivity index (χ1) is 15.9. The van der Waals surface area contributed by atoms with E-state index in [0.29, 0.717) is 23.7 Å². The number of hydrogen-bond acceptors (Lipinski definition) is 6. The third-order valence-electron chi connectivity index (χ3n) is 5.92. The molecule has 2 fully saturated rings. The van der Waals surface area contributed by atoms with E-state index in [1.807, 2.05) is 36.5 Å². The molecule has 3 heterocycles. The zero-order chi connectivity index (χ0) is 23.0. The molecule has 8 heteroatoms. The van der Waals surface area contributed by atoms with E-state index in [4.69, 9.17) is 9.47 Å². The number of morpholine rings is 1. The van der Waals surface area contributed by atoms with Crippen LogP contribution >= 0.6 is 0 Å². The van der Waals surface area contributed by atoms with E-state index in [2.05, 4.69) is 35.6 Å². The Kier molecular flexibility index (Phi) is 5.52. The summed E-state index contributed by atoms with van der Waals surface area (Å²) in [5.74, 6) is 1.37. The number of rotatable bonds is 6. The molecule has 1 saturated carbocycles. The van der Waals surface area contributed by atoms with Gasteiger partial charge in [0.05, 0.1) is 22.8 Å². The minimum absolute atomic E-state index is 0.0265. The Labute approximate surface area is 192 Å². The fourth-order valence-electron chi connectivity index (χ4n) is 4.09. The first-order valence-corrected chi connectivity index (χ1v) is 11.3. The number of carbonyl (C=O) groups is 1. The summed E-state index contributed by atoms with van der Waals surface area (Å²) in [5, 5.41) is 20.1. The lowest BCUT2D eigenvalue weighted by Gasteiger charge is -2.36. The van der Waals surface area contributed by atoms with Gasteiger partial charge < -0.3 is 20.1 Å². The lowest BCUT2D eigenvalue weighted by molar-refractivity contribution is -0.117. The highest BCUT2D eigenvalue weighted by Crippen LogP contribution is 2.33. The summed E-state index contributed by atoms with van der Waals surface area (Å²) in [6, 6.07) is 13.4. The third kappa shape index (κ3) is 4.85. The van der Waals surface area contributed by atoms with Gasteiger partial charge in [-0.3, -0.25) is 4.79 Å². The number of aromatic nitrogens is 2. The Balaban J connectivity index is 1.40. The third-order valence-corrected chi connectivity index (χ3v) is 5.92. The summed E-state index contributed by atoms with van der Waals surface area (Å²) in [7, 11) is 0. The van der Waals surface area contributed by atoms with Crippen molar-refractivity contribution in [2.75, 3.05) is 25.0 Å². The van der Waals surface area contributed by atoms with Crippen molar-refractivity contribution in [3.8, 4) is 22.9 Å². The maximum Gasteiger partial charge on any atom is 0.228 e. The quantitative estimate of drug-likeness (QED) is 0.603. The maximum absolute atomic E-state index is 12.1. The van der Waals surface area contributed by atoms with Crippen LogP contribution < -0.4 is 15.4 Å². The van der Waals surface area contributed by atoms with Crippen LogP contribution in [0.4, 0.5) is 5.82 Å². The Morgan fingerprint density at radius 2 is 2.18 bits per heavy atom. The number of hydrogen-bond donors (Lipinski definition) is 2. The van der Waals surface area contributed by atoms with Crippen molar-refractivity contribution < 1.29 is 14.3 Å². The number of nitriles is 1. The zero-order valence-corrected chi connectivity index (χ0v) is 18.8. The van der Waals surface area contributed by atoms with Crippen molar-refractivity contribution in [1.82, 2.24) is 14.9 Å². The molecule has 2 N–H and O–H groups in total. The Bertz CT molecular complexity index is 1240. The van der Waals surface area contributed by atoms with Crippen molar-refractivity contribution in [2.45, 2.75) is 38.4 Å². The van der Waals surface area contributed by atoms with E-state index < -0.39 is 0 Å². The lowest BCUT2D eigenvalue weighted by atomic mass is 10.0. The second-order valence-corrected chi connectivity index (χ2v) is 9.34. The molecule has 1 saturated heterocycles. The zero-order valence-electron chi connectivity index (χ0n) is 18.8. The monoisotopic (exact) mass is 445 g/mol. The van der Waals surface area contributed by atoms with Crippen LogP contribution in [-0.2, 0) is 9.53 Å². The highest BCUT2D eigenvalue weighted by Gasteiger charge is 2.30. The van der Waals surface area contributed by atoms with Crippen LogP contribution in [0.2, 0.25) is 0 Å². The molecule has 0 spiro atoms. The number of ether oxygens (including phenoxy) is 2. The standard InChI is InChI=1S/C25H27N5O3/c1-25(2)15-27-13-20(33-25)14-32-22-6-3-16(12-26)9-21(22)18-7-8-30-19(10-18)11-23(29-30)28-24(31)17-4-5-17/h3,6-11,17,20,27H,4-5,13-15H2,1-2H3,(H,28,29,31)/t20-/m0/s1. The maximum atomic E-state index is 12.1. The van der Waals surface area contributed by atoms with Crippen molar-refractivity contribution in [3.63, 3.8) is 0 Å². The number of anilines is 1. The smallest absolute Gasteiger partial charge is 0.228 e. The molecule has 0 bridgehead atoms. The summed E-state index contributed by atoms with van der Waals surface area (Å²) >= 11 is 0. The van der Waals surface area contributed by atoms with Crippen molar-refractivity contribution in [3.05, 3.63) is 48.2 Å². The number of pyridine rings is 1. The van der Waals surface area contributed by atoms with E-state index in [0.717, 1.165) is 42.6 Å². The van der Waals surface area contributed by atoms with Gasteiger partial charge in [-0.05, 0) is 62.6 Å². The molecule has 170 valence electrons. The number of benzene rings is 1. The van der Waals surface area contributed by atoms with Crippen LogP contribution in [0.5, 0.6) is 5.75 Å². The van der Waals surface area contributed by atoms with Crippen LogP contribution in [0.3, 0.4) is 0 Å². The van der Waals surface area contributed by atoms with E-state index in [-0.39, 0.29) is 23.5 Å². The van der Waals surface area contributed by atoms with E-state index >= 15 is 0 Å². The predicted octanol–water partition coefficient (Wildman–Crippen LogP) is 3.37. The molecule has 0 radical (unpaired) electrons. The molecule has 2 aromatic heterocycles. The normalized spacial score (nSPS) is 19.7. The molecular weight excluding hydrogens is 418 g/mol. The summed E-state index contributed by atoms with van der Waals surface area (Å²) in [5.41, 5.74) is 2.88. The molecule has 1 aliphatic heterocycles. The van der Waals surface area contributed by atoms with E-state index in [9.17, 15) is 10.1 Å². The van der Waals surface area contributed by atoms with Gasteiger partial charge in [-0.15, -0.1) is 0 Å². The molecule has 5 rings (SSSR count). The van der Waals surface area contributed by atoms with Gasteiger partial charge in [-0.25, -0.2) is 4.52 Å². The van der Waals surface area contributed by atoms with Gasteiger partial charge in [0.2, 0.25) is 5.91 Å². The molecule has 0 unspecified atom stereocenters. The Hall–Kier alpha value is -3.41. The molecule has 2 aliphatic rings. The van der Waals surface area contributed by atoms with Gasteiger partial charge in [0.25, 0.3) is 0 Å². The average Bonchev–Trinajstić information content (AvgIpc) is 3.57. The van der Waals surface area contributed by atoms with E-state index in [1.54, 1.807) is 10.6 Å². The Morgan fingerprint density at radius 1 is 1.33 bits per heavy atom. The van der Waals surface area contributed by atoms with Gasteiger partial charge in [-0.1, -0.05) is 0 Å². The largest absolute Gasteiger partial charge is 0.490 e. The van der Waals surface area contributed by atoms with Gasteiger partial charge >= 0.3 is 0 Å². The summed E-state index contributed by atoms with van der Waals surface area (Å²) in [4.78, 5) is 12.1. The van der Waals surface area contributed by atoms with Crippen LogP contribution in [0.1, 0.15) is 32.3 Å². The molecular formula is C25H27N5O3. The highest BCUT2D eigenvalue weighted by molar-refractivity contribution is 5.93. The van der Waals surface area contributed by atoms with E-state index in [1.165, 1.54) is 0 Å².